The summed E-state index contributed by atoms with van der Waals surface area (Å²) in [6.45, 7) is 1.89. The summed E-state index contributed by atoms with van der Waals surface area (Å²) < 4.78 is 0. The van der Waals surface area contributed by atoms with Gasteiger partial charge in [-0.25, -0.2) is 0 Å². The Balaban J connectivity index is 2.21. The molecule has 0 saturated heterocycles. The second-order valence-corrected chi connectivity index (χ2v) is 4.32. The van der Waals surface area contributed by atoms with Gasteiger partial charge in [0, 0.05) is 0 Å². The Labute approximate surface area is 97.4 Å². The Morgan fingerprint density at radius 3 is 2.69 bits per heavy atom. The molecule has 2 aromatic rings. The molecule has 1 aromatic carbocycles. The minimum atomic E-state index is -0.186. The average Bonchev–Trinajstić information content (AvgIpc) is 2.68. The summed E-state index contributed by atoms with van der Waals surface area (Å²) in [7, 11) is 0. The Kier molecular flexibility index (Phi) is 2.92. The van der Waals surface area contributed by atoms with E-state index in [1.807, 2.05) is 18.4 Å². The second-order valence-electron chi connectivity index (χ2n) is 3.40. The van der Waals surface area contributed by atoms with Gasteiger partial charge in [-0.15, -0.1) is 11.3 Å². The number of hydrogen-bond donors (Lipinski definition) is 2. The number of nitrogens with one attached hydrogen (secondary N) is 1. The molecule has 0 saturated carbocycles. The summed E-state index contributed by atoms with van der Waals surface area (Å²) >= 11 is 1.39. The molecule has 0 fully saturated rings. The highest BCUT2D eigenvalue weighted by Gasteiger charge is 2.11. The van der Waals surface area contributed by atoms with Crippen LogP contribution in [0.5, 0.6) is 5.75 Å². The van der Waals surface area contributed by atoms with Crippen LogP contribution in [0.15, 0.2) is 35.7 Å². The molecular formula is C12H11NO2S. The minimum absolute atomic E-state index is 0.0741. The zero-order valence-corrected chi connectivity index (χ0v) is 9.54. The van der Waals surface area contributed by atoms with Gasteiger partial charge in [-0.1, -0.05) is 12.1 Å². The van der Waals surface area contributed by atoms with Crippen molar-refractivity contribution in [3.8, 4) is 5.75 Å². The van der Waals surface area contributed by atoms with E-state index in [0.717, 1.165) is 5.56 Å². The average molecular weight is 233 g/mol. The van der Waals surface area contributed by atoms with Crippen molar-refractivity contribution in [1.29, 1.82) is 0 Å². The molecule has 82 valence electrons. The molecule has 1 heterocycles. The number of hydrogen-bond acceptors (Lipinski definition) is 3. The van der Waals surface area contributed by atoms with Crippen LogP contribution in [0.3, 0.4) is 0 Å². The molecule has 2 rings (SSSR count). The van der Waals surface area contributed by atoms with Crippen molar-refractivity contribution in [1.82, 2.24) is 0 Å². The van der Waals surface area contributed by atoms with Gasteiger partial charge in [0.25, 0.3) is 5.91 Å². The summed E-state index contributed by atoms with van der Waals surface area (Å²) in [4.78, 5) is 12.5. The van der Waals surface area contributed by atoms with Gasteiger partial charge in [-0.05, 0) is 36.1 Å². The standard InChI is InChI=1S/C12H11NO2S/c1-8-6-7-16-11(8)12(15)13-9-4-2-3-5-10(9)14/h2-7,14H,1H3,(H,13,15). The van der Waals surface area contributed by atoms with Gasteiger partial charge in [0.15, 0.2) is 0 Å². The van der Waals surface area contributed by atoms with Crippen LogP contribution in [0.4, 0.5) is 5.69 Å². The van der Waals surface area contributed by atoms with Gasteiger partial charge in [-0.2, -0.15) is 0 Å². The molecule has 0 aliphatic carbocycles. The molecular weight excluding hydrogens is 222 g/mol. The molecule has 3 nitrogen and oxygen atoms in total. The first-order valence-electron chi connectivity index (χ1n) is 4.82. The lowest BCUT2D eigenvalue weighted by molar-refractivity contribution is 0.102. The van der Waals surface area contributed by atoms with Crippen LogP contribution >= 0.6 is 11.3 Å². The van der Waals surface area contributed by atoms with Crippen LogP contribution in [0.2, 0.25) is 0 Å². The summed E-state index contributed by atoms with van der Waals surface area (Å²) in [6.07, 6.45) is 0. The van der Waals surface area contributed by atoms with Crippen molar-refractivity contribution in [2.75, 3.05) is 5.32 Å². The van der Waals surface area contributed by atoms with Crippen LogP contribution in [0, 0.1) is 6.92 Å². The molecule has 2 N–H and O–H groups in total. The van der Waals surface area contributed by atoms with E-state index in [0.29, 0.717) is 10.6 Å². The van der Waals surface area contributed by atoms with Crippen molar-refractivity contribution in [3.05, 3.63) is 46.2 Å². The van der Waals surface area contributed by atoms with Crippen molar-refractivity contribution in [2.24, 2.45) is 0 Å². The van der Waals surface area contributed by atoms with Crippen LogP contribution in [-0.2, 0) is 0 Å². The first kappa shape index (κ1) is 10.7. The van der Waals surface area contributed by atoms with E-state index >= 15 is 0 Å². The maximum atomic E-state index is 11.8. The number of aromatic hydroxyl groups is 1. The summed E-state index contributed by atoms with van der Waals surface area (Å²) in [5.41, 5.74) is 1.37. The Morgan fingerprint density at radius 1 is 1.31 bits per heavy atom. The smallest absolute Gasteiger partial charge is 0.266 e. The highest BCUT2D eigenvalue weighted by Crippen LogP contribution is 2.24. The first-order valence-corrected chi connectivity index (χ1v) is 5.70. The third-order valence-electron chi connectivity index (χ3n) is 2.22. The fourth-order valence-electron chi connectivity index (χ4n) is 1.36. The largest absolute Gasteiger partial charge is 0.506 e. The molecule has 1 amide bonds. The number of para-hydroxylation sites is 2. The molecule has 0 unspecified atom stereocenters. The van der Waals surface area contributed by atoms with Crippen LogP contribution in [-0.4, -0.2) is 11.0 Å². The second kappa shape index (κ2) is 4.37. The topological polar surface area (TPSA) is 49.3 Å². The number of rotatable bonds is 2. The minimum Gasteiger partial charge on any atom is -0.506 e. The number of carbonyl (C=O) groups excluding carboxylic acids is 1. The summed E-state index contributed by atoms with van der Waals surface area (Å²) in [5, 5.41) is 14.1. The normalized spacial score (nSPS) is 10.1. The van der Waals surface area contributed by atoms with E-state index in [1.165, 1.54) is 17.4 Å². The number of phenolic OH excluding ortho intramolecular Hbond substituents is 1. The summed E-state index contributed by atoms with van der Waals surface area (Å²) in [6, 6.07) is 8.56. The fourth-order valence-corrected chi connectivity index (χ4v) is 2.18. The number of thiophene rings is 1. The Morgan fingerprint density at radius 2 is 2.06 bits per heavy atom. The van der Waals surface area contributed by atoms with Gasteiger partial charge in [0.1, 0.15) is 5.75 Å². The van der Waals surface area contributed by atoms with E-state index in [1.54, 1.807) is 18.2 Å². The number of amides is 1. The summed E-state index contributed by atoms with van der Waals surface area (Å²) in [5.74, 6) is -0.112. The van der Waals surface area contributed by atoms with Crippen molar-refractivity contribution >= 4 is 22.9 Å². The predicted octanol–water partition coefficient (Wildman–Crippen LogP) is 3.01. The quantitative estimate of drug-likeness (QED) is 0.783. The van der Waals surface area contributed by atoms with Crippen LogP contribution in [0.25, 0.3) is 0 Å². The Hall–Kier alpha value is -1.81. The lowest BCUT2D eigenvalue weighted by Gasteiger charge is -2.06. The molecule has 0 aliphatic heterocycles. The van der Waals surface area contributed by atoms with E-state index in [9.17, 15) is 9.90 Å². The van der Waals surface area contributed by atoms with Crippen LogP contribution < -0.4 is 5.32 Å². The third-order valence-corrected chi connectivity index (χ3v) is 3.24. The lowest BCUT2D eigenvalue weighted by Crippen LogP contribution is -2.11. The molecule has 0 radical (unpaired) electrons. The first-order chi connectivity index (χ1) is 7.68. The molecule has 0 atom stereocenters. The van der Waals surface area contributed by atoms with Gasteiger partial charge >= 0.3 is 0 Å². The van der Waals surface area contributed by atoms with E-state index in [-0.39, 0.29) is 11.7 Å². The van der Waals surface area contributed by atoms with Crippen LogP contribution in [0.1, 0.15) is 15.2 Å². The van der Waals surface area contributed by atoms with Crippen molar-refractivity contribution < 1.29 is 9.90 Å². The maximum Gasteiger partial charge on any atom is 0.266 e. The fraction of sp³-hybridized carbons (Fsp3) is 0.0833. The highest BCUT2D eigenvalue weighted by atomic mass is 32.1. The number of benzene rings is 1. The van der Waals surface area contributed by atoms with E-state index in [2.05, 4.69) is 5.32 Å². The van der Waals surface area contributed by atoms with E-state index < -0.39 is 0 Å². The third kappa shape index (κ3) is 2.06. The molecule has 1 aromatic heterocycles. The zero-order chi connectivity index (χ0) is 11.5. The highest BCUT2D eigenvalue weighted by molar-refractivity contribution is 7.12. The lowest BCUT2D eigenvalue weighted by atomic mass is 10.2. The van der Waals surface area contributed by atoms with Gasteiger partial charge in [0.05, 0.1) is 10.6 Å². The van der Waals surface area contributed by atoms with Gasteiger partial charge in [-0.3, -0.25) is 4.79 Å². The maximum absolute atomic E-state index is 11.8. The SMILES string of the molecule is Cc1ccsc1C(=O)Nc1ccccc1O. The molecule has 4 heteroatoms. The number of aryl methyl sites for hydroxylation is 1. The Bertz CT molecular complexity index is 519. The van der Waals surface area contributed by atoms with Crippen molar-refractivity contribution in [3.63, 3.8) is 0 Å². The predicted molar refractivity (Wildman–Crippen MR) is 65.1 cm³/mol. The molecule has 0 aliphatic rings. The van der Waals surface area contributed by atoms with Gasteiger partial charge < -0.3 is 10.4 Å². The van der Waals surface area contributed by atoms with Gasteiger partial charge in [0.2, 0.25) is 0 Å². The molecule has 0 spiro atoms. The van der Waals surface area contributed by atoms with E-state index in [4.69, 9.17) is 0 Å². The monoisotopic (exact) mass is 233 g/mol. The number of carbonyl (C=O) groups is 1. The molecule has 0 bridgehead atoms. The van der Waals surface area contributed by atoms with Crippen molar-refractivity contribution in [2.45, 2.75) is 6.92 Å². The number of phenols is 1. The zero-order valence-electron chi connectivity index (χ0n) is 8.73. The number of anilines is 1. The molecule has 16 heavy (non-hydrogen) atoms.